The summed E-state index contributed by atoms with van der Waals surface area (Å²) in [4.78, 5) is 27.2. The van der Waals surface area contributed by atoms with Gasteiger partial charge in [-0.25, -0.2) is 9.67 Å². The third-order valence-electron chi connectivity index (χ3n) is 4.38. The van der Waals surface area contributed by atoms with Gasteiger partial charge in [0.05, 0.1) is 23.9 Å². The highest BCUT2D eigenvalue weighted by atomic mass is 16.6. The van der Waals surface area contributed by atoms with Gasteiger partial charge in [0.15, 0.2) is 0 Å². The summed E-state index contributed by atoms with van der Waals surface area (Å²) < 4.78 is 3.12. The van der Waals surface area contributed by atoms with Crippen molar-refractivity contribution in [2.24, 2.45) is 5.92 Å². The molecule has 3 rings (SSSR count). The summed E-state index contributed by atoms with van der Waals surface area (Å²) in [7, 11) is 0. The average molecular weight is 383 g/mol. The Bertz CT molecular complexity index is 994. The monoisotopic (exact) mass is 383 g/mol. The molecule has 0 aliphatic rings. The van der Waals surface area contributed by atoms with E-state index in [-0.39, 0.29) is 24.1 Å². The van der Waals surface area contributed by atoms with E-state index in [1.54, 1.807) is 31.8 Å². The van der Waals surface area contributed by atoms with Crippen LogP contribution in [-0.2, 0) is 17.9 Å². The van der Waals surface area contributed by atoms with Crippen molar-refractivity contribution in [3.8, 4) is 0 Å². The Balaban J connectivity index is 1.62. The molecule has 0 saturated heterocycles. The maximum Gasteiger partial charge on any atom is 0.312 e. The van der Waals surface area contributed by atoms with Crippen LogP contribution in [0.4, 0.5) is 11.6 Å². The SMILES string of the molecule is Cc1nn(CC(C)C(=O)Nc2ncn(Cc3ccccc3)n2)c(C)c1[N+](=O)[O-]. The van der Waals surface area contributed by atoms with Crippen LogP contribution in [0.2, 0.25) is 0 Å². The maximum absolute atomic E-state index is 12.4. The molecular weight excluding hydrogens is 362 g/mol. The van der Waals surface area contributed by atoms with Crippen LogP contribution in [0.3, 0.4) is 0 Å². The second-order valence-electron chi connectivity index (χ2n) is 6.60. The van der Waals surface area contributed by atoms with Crippen molar-refractivity contribution in [1.82, 2.24) is 24.5 Å². The van der Waals surface area contributed by atoms with Gasteiger partial charge in [0.2, 0.25) is 11.9 Å². The number of nitrogens with zero attached hydrogens (tertiary/aromatic N) is 6. The molecule has 1 unspecified atom stereocenters. The van der Waals surface area contributed by atoms with E-state index in [1.807, 2.05) is 30.3 Å². The first-order valence-corrected chi connectivity index (χ1v) is 8.77. The predicted molar refractivity (Wildman–Crippen MR) is 102 cm³/mol. The number of carbonyl (C=O) groups excluding carboxylic acids is 1. The van der Waals surface area contributed by atoms with Crippen LogP contribution in [0.25, 0.3) is 0 Å². The number of nitro groups is 1. The van der Waals surface area contributed by atoms with Crippen molar-refractivity contribution in [1.29, 1.82) is 0 Å². The average Bonchev–Trinajstić information content (AvgIpc) is 3.19. The van der Waals surface area contributed by atoms with Gasteiger partial charge in [0.25, 0.3) is 0 Å². The molecule has 2 aromatic heterocycles. The largest absolute Gasteiger partial charge is 0.312 e. The van der Waals surface area contributed by atoms with Gasteiger partial charge in [-0.05, 0) is 19.4 Å². The van der Waals surface area contributed by atoms with Crippen molar-refractivity contribution in [3.63, 3.8) is 0 Å². The zero-order valence-corrected chi connectivity index (χ0v) is 15.9. The van der Waals surface area contributed by atoms with Gasteiger partial charge in [-0.2, -0.15) is 5.10 Å². The molecule has 2 heterocycles. The molecule has 10 nitrogen and oxygen atoms in total. The quantitative estimate of drug-likeness (QED) is 0.494. The lowest BCUT2D eigenvalue weighted by Crippen LogP contribution is -2.26. The van der Waals surface area contributed by atoms with E-state index in [2.05, 4.69) is 20.5 Å². The molecule has 0 radical (unpaired) electrons. The molecule has 1 amide bonds. The summed E-state index contributed by atoms with van der Waals surface area (Å²) >= 11 is 0. The molecule has 28 heavy (non-hydrogen) atoms. The molecule has 1 aromatic carbocycles. The van der Waals surface area contributed by atoms with Gasteiger partial charge in [-0.15, -0.1) is 5.10 Å². The highest BCUT2D eigenvalue weighted by molar-refractivity contribution is 5.90. The van der Waals surface area contributed by atoms with Gasteiger partial charge in [-0.1, -0.05) is 37.3 Å². The molecule has 1 N–H and O–H groups in total. The summed E-state index contributed by atoms with van der Waals surface area (Å²) in [5.74, 6) is -0.543. The molecule has 10 heteroatoms. The van der Waals surface area contributed by atoms with Gasteiger partial charge in [-0.3, -0.25) is 24.9 Å². The molecule has 0 spiro atoms. The molecule has 0 aliphatic carbocycles. The Labute approximate surface area is 161 Å². The number of hydrogen-bond donors (Lipinski definition) is 1. The highest BCUT2D eigenvalue weighted by Crippen LogP contribution is 2.22. The van der Waals surface area contributed by atoms with Crippen LogP contribution < -0.4 is 5.32 Å². The minimum atomic E-state index is -0.473. The summed E-state index contributed by atoms with van der Waals surface area (Å²) in [6.07, 6.45) is 1.55. The Morgan fingerprint density at radius 3 is 2.61 bits per heavy atom. The van der Waals surface area contributed by atoms with E-state index in [0.29, 0.717) is 17.9 Å². The molecule has 0 saturated carbocycles. The fraction of sp³-hybridized carbons (Fsp3) is 0.333. The van der Waals surface area contributed by atoms with E-state index in [9.17, 15) is 14.9 Å². The summed E-state index contributed by atoms with van der Waals surface area (Å²) in [6.45, 7) is 5.69. The van der Waals surface area contributed by atoms with E-state index in [1.165, 1.54) is 4.68 Å². The number of carbonyl (C=O) groups is 1. The van der Waals surface area contributed by atoms with Gasteiger partial charge in [0.1, 0.15) is 17.7 Å². The highest BCUT2D eigenvalue weighted by Gasteiger charge is 2.24. The topological polar surface area (TPSA) is 121 Å². The third kappa shape index (κ3) is 4.22. The lowest BCUT2D eigenvalue weighted by molar-refractivity contribution is -0.386. The van der Waals surface area contributed by atoms with Crippen LogP contribution in [-0.4, -0.2) is 35.4 Å². The van der Waals surface area contributed by atoms with Crippen molar-refractivity contribution in [2.45, 2.75) is 33.9 Å². The molecule has 0 bridgehead atoms. The second kappa shape index (κ2) is 7.99. The first-order chi connectivity index (χ1) is 13.3. The summed E-state index contributed by atoms with van der Waals surface area (Å²) in [6, 6.07) is 9.79. The third-order valence-corrected chi connectivity index (χ3v) is 4.38. The van der Waals surface area contributed by atoms with Gasteiger partial charge >= 0.3 is 5.69 Å². The van der Waals surface area contributed by atoms with E-state index < -0.39 is 10.8 Å². The van der Waals surface area contributed by atoms with Crippen LogP contribution in [0.5, 0.6) is 0 Å². The smallest absolute Gasteiger partial charge is 0.293 e. The minimum Gasteiger partial charge on any atom is -0.293 e. The van der Waals surface area contributed by atoms with E-state index >= 15 is 0 Å². The number of amides is 1. The Morgan fingerprint density at radius 1 is 1.25 bits per heavy atom. The van der Waals surface area contributed by atoms with Gasteiger partial charge in [0, 0.05) is 0 Å². The van der Waals surface area contributed by atoms with Crippen LogP contribution in [0, 0.1) is 29.9 Å². The standard InChI is InChI=1S/C18H21N7O3/c1-12(9-24-14(3)16(25(27)28)13(2)21-24)17(26)20-18-19-11-23(22-18)10-15-7-5-4-6-8-15/h4-8,11-12H,9-10H2,1-3H3,(H,20,22,26). The maximum atomic E-state index is 12.4. The molecule has 3 aromatic rings. The molecule has 1 atom stereocenters. The number of nitrogens with one attached hydrogen (secondary N) is 1. The number of benzene rings is 1. The zero-order valence-electron chi connectivity index (χ0n) is 15.9. The van der Waals surface area contributed by atoms with Crippen LogP contribution >= 0.6 is 0 Å². The lowest BCUT2D eigenvalue weighted by Gasteiger charge is -2.11. The van der Waals surface area contributed by atoms with Crippen LogP contribution in [0.15, 0.2) is 36.7 Å². The molecule has 146 valence electrons. The van der Waals surface area contributed by atoms with Crippen molar-refractivity contribution >= 4 is 17.5 Å². The first kappa shape index (κ1) is 19.2. The minimum absolute atomic E-state index is 0.0195. The van der Waals surface area contributed by atoms with E-state index in [0.717, 1.165) is 5.56 Å². The van der Waals surface area contributed by atoms with Crippen molar-refractivity contribution in [2.75, 3.05) is 5.32 Å². The second-order valence-corrected chi connectivity index (χ2v) is 6.60. The number of rotatable bonds is 7. The first-order valence-electron chi connectivity index (χ1n) is 8.77. The summed E-state index contributed by atoms with van der Waals surface area (Å²) in [5.41, 5.74) is 1.81. The fourth-order valence-electron chi connectivity index (χ4n) is 2.90. The Hall–Kier alpha value is -3.56. The number of aryl methyl sites for hydroxylation is 1. The lowest BCUT2D eigenvalue weighted by atomic mass is 10.1. The number of hydrogen-bond acceptors (Lipinski definition) is 6. The number of aromatic nitrogens is 5. The van der Waals surface area contributed by atoms with Crippen molar-refractivity contribution < 1.29 is 9.72 Å². The molecule has 0 fully saturated rings. The predicted octanol–water partition coefficient (Wildman–Crippen LogP) is 2.32. The van der Waals surface area contributed by atoms with Crippen molar-refractivity contribution in [3.05, 3.63) is 63.7 Å². The molecular formula is C18H21N7O3. The Morgan fingerprint density at radius 2 is 1.96 bits per heavy atom. The molecule has 0 aliphatic heterocycles. The fourth-order valence-corrected chi connectivity index (χ4v) is 2.90. The van der Waals surface area contributed by atoms with E-state index in [4.69, 9.17) is 0 Å². The zero-order chi connectivity index (χ0) is 20.3. The normalized spacial score (nSPS) is 12.0. The van der Waals surface area contributed by atoms with Gasteiger partial charge < -0.3 is 0 Å². The van der Waals surface area contributed by atoms with Crippen LogP contribution in [0.1, 0.15) is 23.9 Å². The summed E-state index contributed by atoms with van der Waals surface area (Å²) in [5, 5.41) is 22.2. The Kier molecular flexibility index (Phi) is 5.48. The number of anilines is 1.